The second kappa shape index (κ2) is 8.15. The van der Waals surface area contributed by atoms with Gasteiger partial charge in [-0.1, -0.05) is 18.2 Å². The fourth-order valence-corrected chi connectivity index (χ4v) is 4.09. The summed E-state index contributed by atoms with van der Waals surface area (Å²) in [7, 11) is 0. The zero-order valence-corrected chi connectivity index (χ0v) is 17.3. The molecule has 1 aromatic carbocycles. The quantitative estimate of drug-likeness (QED) is 0.494. The van der Waals surface area contributed by atoms with Crippen molar-refractivity contribution in [3.05, 3.63) is 97.0 Å². The Balaban J connectivity index is 1.64. The number of nitrogen functional groups attached to an aromatic ring is 1. The van der Waals surface area contributed by atoms with Crippen molar-refractivity contribution in [1.82, 2.24) is 19.3 Å². The first-order valence-corrected chi connectivity index (χ1v) is 10.1. The Morgan fingerprint density at radius 2 is 1.87 bits per heavy atom. The molecule has 158 valence electrons. The Morgan fingerprint density at radius 3 is 2.55 bits per heavy atom. The van der Waals surface area contributed by atoms with E-state index in [1.54, 1.807) is 25.3 Å². The summed E-state index contributed by atoms with van der Waals surface area (Å²) in [5, 5.41) is 2.76. The molecule has 0 saturated heterocycles. The molecule has 0 fully saturated rings. The standard InChI is InChI=1S/C21H18FN5O3S/c1-12-19(29)26(10-13-2-5-15(22)6-3-13)21(30)27-11-16(31-20(12)27)18(28)25-9-14-4-7-17(23)24-8-14/h2-8,11H,9-10H2,1H3,(H2,23,24)(H,25,28). The molecule has 8 nitrogen and oxygen atoms in total. The molecule has 0 unspecified atom stereocenters. The molecule has 4 rings (SSSR count). The number of carbonyl (C=O) groups excluding carboxylic acids is 1. The largest absolute Gasteiger partial charge is 0.384 e. The summed E-state index contributed by atoms with van der Waals surface area (Å²) in [6, 6.07) is 8.97. The van der Waals surface area contributed by atoms with Crippen molar-refractivity contribution in [2.75, 3.05) is 5.73 Å². The second-order valence-corrected chi connectivity index (χ2v) is 8.00. The number of benzene rings is 1. The number of fused-ring (bicyclic) bond motifs is 1. The Bertz CT molecular complexity index is 1390. The van der Waals surface area contributed by atoms with Crippen LogP contribution in [-0.4, -0.2) is 19.9 Å². The average Bonchev–Trinajstić information content (AvgIpc) is 3.22. The maximum atomic E-state index is 13.1. The van der Waals surface area contributed by atoms with Crippen LogP contribution in [-0.2, 0) is 13.1 Å². The summed E-state index contributed by atoms with van der Waals surface area (Å²) >= 11 is 1.07. The first-order valence-electron chi connectivity index (χ1n) is 9.32. The van der Waals surface area contributed by atoms with Crippen LogP contribution in [0, 0.1) is 12.7 Å². The van der Waals surface area contributed by atoms with E-state index >= 15 is 0 Å². The van der Waals surface area contributed by atoms with Crippen LogP contribution < -0.4 is 22.3 Å². The Morgan fingerprint density at radius 1 is 1.16 bits per heavy atom. The molecule has 0 bridgehead atoms. The maximum Gasteiger partial charge on any atom is 0.336 e. The van der Waals surface area contributed by atoms with Crippen molar-refractivity contribution in [2.45, 2.75) is 20.0 Å². The van der Waals surface area contributed by atoms with Gasteiger partial charge in [-0.2, -0.15) is 0 Å². The number of aryl methyl sites for hydroxylation is 1. The molecule has 3 aromatic heterocycles. The van der Waals surface area contributed by atoms with Crippen LogP contribution in [0.3, 0.4) is 0 Å². The van der Waals surface area contributed by atoms with E-state index in [0.29, 0.717) is 26.7 Å². The van der Waals surface area contributed by atoms with Crippen molar-refractivity contribution in [2.24, 2.45) is 0 Å². The smallest absolute Gasteiger partial charge is 0.336 e. The molecule has 0 aliphatic rings. The highest BCUT2D eigenvalue weighted by Crippen LogP contribution is 2.18. The average molecular weight is 439 g/mol. The summed E-state index contributed by atoms with van der Waals surface area (Å²) in [4.78, 5) is 42.9. The number of pyridine rings is 1. The normalized spacial score (nSPS) is 11.0. The van der Waals surface area contributed by atoms with E-state index in [4.69, 9.17) is 5.73 Å². The molecule has 0 spiro atoms. The molecule has 0 aliphatic carbocycles. The zero-order chi connectivity index (χ0) is 22.1. The van der Waals surface area contributed by atoms with Crippen LogP contribution >= 0.6 is 11.3 Å². The molecule has 1 amide bonds. The molecule has 10 heteroatoms. The summed E-state index contributed by atoms with van der Waals surface area (Å²) in [6.45, 7) is 1.85. The van der Waals surface area contributed by atoms with Crippen LogP contribution in [0.4, 0.5) is 10.2 Å². The van der Waals surface area contributed by atoms with E-state index in [1.165, 1.54) is 34.9 Å². The molecule has 31 heavy (non-hydrogen) atoms. The number of anilines is 1. The lowest BCUT2D eigenvalue weighted by molar-refractivity contribution is 0.0954. The molecule has 3 heterocycles. The number of carbonyl (C=O) groups is 1. The van der Waals surface area contributed by atoms with Crippen molar-refractivity contribution >= 4 is 27.9 Å². The number of aromatic nitrogens is 3. The minimum Gasteiger partial charge on any atom is -0.384 e. The van der Waals surface area contributed by atoms with Crippen LogP contribution in [0.5, 0.6) is 0 Å². The van der Waals surface area contributed by atoms with E-state index in [1.807, 2.05) is 0 Å². The van der Waals surface area contributed by atoms with Gasteiger partial charge in [0.15, 0.2) is 0 Å². The van der Waals surface area contributed by atoms with Gasteiger partial charge in [0.25, 0.3) is 11.5 Å². The number of hydrogen-bond acceptors (Lipinski definition) is 6. The molecule has 0 radical (unpaired) electrons. The number of nitrogens with two attached hydrogens (primary N) is 1. The second-order valence-electron chi connectivity index (χ2n) is 6.97. The van der Waals surface area contributed by atoms with Gasteiger partial charge in [0.2, 0.25) is 0 Å². The van der Waals surface area contributed by atoms with Crippen molar-refractivity contribution in [1.29, 1.82) is 0 Å². The van der Waals surface area contributed by atoms with Gasteiger partial charge in [-0.15, -0.1) is 11.3 Å². The number of thiazole rings is 1. The van der Waals surface area contributed by atoms with E-state index in [0.717, 1.165) is 21.5 Å². The highest BCUT2D eigenvalue weighted by Gasteiger charge is 2.17. The van der Waals surface area contributed by atoms with E-state index in [9.17, 15) is 18.8 Å². The minimum atomic E-state index is -0.562. The van der Waals surface area contributed by atoms with Crippen LogP contribution in [0.15, 0.2) is 58.4 Å². The van der Waals surface area contributed by atoms with Crippen molar-refractivity contribution < 1.29 is 9.18 Å². The van der Waals surface area contributed by atoms with E-state index in [2.05, 4.69) is 10.3 Å². The predicted molar refractivity (Wildman–Crippen MR) is 116 cm³/mol. The third-order valence-corrected chi connectivity index (χ3v) is 5.98. The Kier molecular flexibility index (Phi) is 5.38. The molecule has 0 atom stereocenters. The fraction of sp³-hybridized carbons (Fsp3) is 0.143. The first-order chi connectivity index (χ1) is 14.8. The third-order valence-electron chi connectivity index (χ3n) is 4.77. The van der Waals surface area contributed by atoms with Crippen LogP contribution in [0.2, 0.25) is 0 Å². The predicted octanol–water partition coefficient (Wildman–Crippen LogP) is 1.93. The Hall–Kier alpha value is -3.79. The fourth-order valence-electron chi connectivity index (χ4n) is 3.09. The van der Waals surface area contributed by atoms with Gasteiger partial charge in [-0.3, -0.25) is 18.6 Å². The van der Waals surface area contributed by atoms with Gasteiger partial charge < -0.3 is 11.1 Å². The van der Waals surface area contributed by atoms with Gasteiger partial charge in [-0.25, -0.2) is 14.2 Å². The van der Waals surface area contributed by atoms with Gasteiger partial charge in [0.1, 0.15) is 21.3 Å². The number of nitrogens with zero attached hydrogens (tertiary/aromatic N) is 3. The van der Waals surface area contributed by atoms with Crippen LogP contribution in [0.25, 0.3) is 4.83 Å². The lowest BCUT2D eigenvalue weighted by Crippen LogP contribution is -2.38. The number of rotatable bonds is 5. The molecule has 0 saturated carbocycles. The van der Waals surface area contributed by atoms with Crippen LogP contribution in [0.1, 0.15) is 26.4 Å². The van der Waals surface area contributed by atoms with Gasteiger partial charge in [0, 0.05) is 24.5 Å². The Labute approximate surface area is 179 Å². The van der Waals surface area contributed by atoms with E-state index in [-0.39, 0.29) is 19.0 Å². The molecule has 0 aliphatic heterocycles. The minimum absolute atomic E-state index is 0.00322. The van der Waals surface area contributed by atoms with Gasteiger partial charge in [0.05, 0.1) is 6.54 Å². The van der Waals surface area contributed by atoms with Gasteiger partial charge >= 0.3 is 5.69 Å². The topological polar surface area (TPSA) is 111 Å². The molecule has 3 N–H and O–H groups in total. The van der Waals surface area contributed by atoms with Crippen molar-refractivity contribution in [3.8, 4) is 0 Å². The lowest BCUT2D eigenvalue weighted by atomic mass is 10.2. The summed E-state index contributed by atoms with van der Waals surface area (Å²) in [5.74, 6) is -0.388. The number of halogens is 1. The third kappa shape index (κ3) is 4.10. The number of nitrogens with one attached hydrogen (secondary N) is 1. The van der Waals surface area contributed by atoms with E-state index < -0.39 is 17.1 Å². The maximum absolute atomic E-state index is 13.1. The molecular formula is C21H18FN5O3S. The lowest BCUT2D eigenvalue weighted by Gasteiger charge is -2.07. The summed E-state index contributed by atoms with van der Waals surface area (Å²) < 4.78 is 15.5. The highest BCUT2D eigenvalue weighted by atomic mass is 32.1. The summed E-state index contributed by atoms with van der Waals surface area (Å²) in [5.41, 5.74) is 6.29. The monoisotopic (exact) mass is 439 g/mol. The summed E-state index contributed by atoms with van der Waals surface area (Å²) in [6.07, 6.45) is 2.99. The highest BCUT2D eigenvalue weighted by molar-refractivity contribution is 7.19. The SMILES string of the molecule is Cc1c(=O)n(Cc2ccc(F)cc2)c(=O)n2cc(C(=O)NCc3ccc(N)nc3)sc12. The first kappa shape index (κ1) is 20.5. The number of amides is 1. The van der Waals surface area contributed by atoms with Crippen molar-refractivity contribution in [3.63, 3.8) is 0 Å². The van der Waals surface area contributed by atoms with Gasteiger partial charge in [-0.05, 0) is 36.2 Å². The zero-order valence-electron chi connectivity index (χ0n) is 16.5. The molecular weight excluding hydrogens is 421 g/mol. The molecule has 4 aromatic rings. The number of hydrogen-bond donors (Lipinski definition) is 2.